The van der Waals surface area contributed by atoms with Gasteiger partial charge in [-0.1, -0.05) is 0 Å². The van der Waals surface area contributed by atoms with Gasteiger partial charge in [0.25, 0.3) is 0 Å². The quantitative estimate of drug-likeness (QED) is 0.794. The molecule has 2 nitrogen and oxygen atoms in total. The minimum atomic E-state index is -2.68. The van der Waals surface area contributed by atoms with Crippen molar-refractivity contribution in [1.29, 1.82) is 0 Å². The van der Waals surface area contributed by atoms with Crippen LogP contribution in [-0.4, -0.2) is 16.4 Å². The first-order valence-corrected chi connectivity index (χ1v) is 5.03. The van der Waals surface area contributed by atoms with Crippen LogP contribution in [-0.2, 0) is 10.8 Å². The average Bonchev–Trinajstić information content (AvgIpc) is 2.00. The summed E-state index contributed by atoms with van der Waals surface area (Å²) in [4.78, 5) is -0.0113. The van der Waals surface area contributed by atoms with Gasteiger partial charge in [-0.25, -0.2) is 13.2 Å². The van der Waals surface area contributed by atoms with E-state index in [1.54, 1.807) is 0 Å². The lowest BCUT2D eigenvalue weighted by molar-refractivity contribution is 0.175. The molecule has 14 heavy (non-hydrogen) atoms. The molecule has 0 aliphatic rings. The summed E-state index contributed by atoms with van der Waals surface area (Å²) in [6, 6.07) is 3.19. The van der Waals surface area contributed by atoms with Crippen LogP contribution < -0.4 is 5.73 Å². The molecule has 0 radical (unpaired) electrons. The van der Waals surface area contributed by atoms with E-state index in [0.29, 0.717) is 0 Å². The molecule has 78 valence electrons. The van der Waals surface area contributed by atoms with Gasteiger partial charge in [0.15, 0.2) is 0 Å². The maximum atomic E-state index is 12.7. The van der Waals surface area contributed by atoms with Crippen LogP contribution in [0.1, 0.15) is 0 Å². The Bertz CT molecular complexity index is 336. The first kappa shape index (κ1) is 11.0. The fourth-order valence-electron chi connectivity index (χ4n) is 0.926. The SMILES string of the molecule is Nc1cc(F)cc(S(=O)CC(F)F)c1. The molecule has 0 aromatic heterocycles. The fraction of sp³-hybridized carbons (Fsp3) is 0.250. The minimum Gasteiger partial charge on any atom is -0.399 e. The molecule has 0 spiro atoms. The largest absolute Gasteiger partial charge is 0.399 e. The van der Waals surface area contributed by atoms with Gasteiger partial charge in [-0.15, -0.1) is 0 Å². The zero-order valence-electron chi connectivity index (χ0n) is 7.04. The maximum absolute atomic E-state index is 12.7. The molecule has 1 aromatic rings. The Morgan fingerprint density at radius 3 is 2.50 bits per heavy atom. The highest BCUT2D eigenvalue weighted by Crippen LogP contribution is 2.15. The predicted octanol–water partition coefficient (Wildman–Crippen LogP) is 1.78. The molecule has 1 rings (SSSR count). The highest BCUT2D eigenvalue weighted by molar-refractivity contribution is 7.85. The molecule has 2 N–H and O–H groups in total. The third-order valence-corrected chi connectivity index (χ3v) is 2.75. The molecule has 0 amide bonds. The lowest BCUT2D eigenvalue weighted by Crippen LogP contribution is -2.07. The van der Waals surface area contributed by atoms with E-state index >= 15 is 0 Å². The van der Waals surface area contributed by atoms with Crippen LogP contribution in [0.2, 0.25) is 0 Å². The predicted molar refractivity (Wildman–Crippen MR) is 48.1 cm³/mol. The maximum Gasteiger partial charge on any atom is 0.250 e. The summed E-state index contributed by atoms with van der Waals surface area (Å²) in [6.45, 7) is 0. The summed E-state index contributed by atoms with van der Waals surface area (Å²) in [6.07, 6.45) is -2.68. The molecule has 0 aliphatic heterocycles. The molecule has 0 aliphatic carbocycles. The molecule has 1 atom stereocenters. The van der Waals surface area contributed by atoms with E-state index in [2.05, 4.69) is 0 Å². The number of rotatable bonds is 3. The summed E-state index contributed by atoms with van der Waals surface area (Å²) in [5, 5.41) is 0. The Labute approximate surface area is 81.4 Å². The van der Waals surface area contributed by atoms with Crippen molar-refractivity contribution in [1.82, 2.24) is 0 Å². The van der Waals surface area contributed by atoms with Crippen LogP contribution in [0.4, 0.5) is 18.9 Å². The number of anilines is 1. The van der Waals surface area contributed by atoms with Crippen molar-refractivity contribution in [3.8, 4) is 0 Å². The Hall–Kier alpha value is -1.04. The number of alkyl halides is 2. The van der Waals surface area contributed by atoms with Crippen LogP contribution in [0.25, 0.3) is 0 Å². The number of halogens is 3. The molecule has 0 heterocycles. The molecule has 0 saturated carbocycles. The molecule has 6 heteroatoms. The molecule has 0 bridgehead atoms. The van der Waals surface area contributed by atoms with Crippen molar-refractivity contribution in [3.63, 3.8) is 0 Å². The number of hydrogen-bond acceptors (Lipinski definition) is 2. The highest BCUT2D eigenvalue weighted by Gasteiger charge is 2.12. The van der Waals surface area contributed by atoms with Crippen LogP contribution in [0.3, 0.4) is 0 Å². The topological polar surface area (TPSA) is 43.1 Å². The van der Waals surface area contributed by atoms with Gasteiger partial charge < -0.3 is 5.73 Å². The van der Waals surface area contributed by atoms with E-state index in [1.165, 1.54) is 6.07 Å². The van der Waals surface area contributed by atoms with Gasteiger partial charge >= 0.3 is 0 Å². The summed E-state index contributed by atoms with van der Waals surface area (Å²) in [5.41, 5.74) is 5.34. The summed E-state index contributed by atoms with van der Waals surface area (Å²) >= 11 is 0. The van der Waals surface area contributed by atoms with Gasteiger partial charge in [-0.05, 0) is 18.2 Å². The number of nitrogen functional groups attached to an aromatic ring is 1. The van der Waals surface area contributed by atoms with E-state index < -0.39 is 28.8 Å². The van der Waals surface area contributed by atoms with Gasteiger partial charge in [0.05, 0.1) is 16.6 Å². The van der Waals surface area contributed by atoms with Crippen molar-refractivity contribution < 1.29 is 17.4 Å². The van der Waals surface area contributed by atoms with E-state index in [-0.39, 0.29) is 10.6 Å². The Morgan fingerprint density at radius 1 is 1.36 bits per heavy atom. The first-order valence-electron chi connectivity index (χ1n) is 3.71. The Morgan fingerprint density at radius 2 is 2.00 bits per heavy atom. The second kappa shape index (κ2) is 4.45. The standard InChI is InChI=1S/C8H8F3NOS/c9-5-1-6(12)3-7(2-5)14(13)4-8(10)11/h1-3,8H,4,12H2. The number of benzene rings is 1. The summed E-state index contributed by atoms with van der Waals surface area (Å²) < 4.78 is 47.6. The monoisotopic (exact) mass is 223 g/mol. The van der Waals surface area contributed by atoms with Gasteiger partial charge in [-0.3, -0.25) is 4.21 Å². The second-order valence-electron chi connectivity index (χ2n) is 2.62. The van der Waals surface area contributed by atoms with E-state index in [9.17, 15) is 17.4 Å². The third kappa shape index (κ3) is 3.02. The third-order valence-electron chi connectivity index (χ3n) is 1.43. The first-order chi connectivity index (χ1) is 6.49. The number of nitrogens with two attached hydrogens (primary N) is 1. The highest BCUT2D eigenvalue weighted by atomic mass is 32.2. The van der Waals surface area contributed by atoms with Crippen LogP contribution in [0, 0.1) is 5.82 Å². The molecule has 1 unspecified atom stereocenters. The van der Waals surface area contributed by atoms with Crippen LogP contribution in [0.15, 0.2) is 23.1 Å². The van der Waals surface area contributed by atoms with Gasteiger partial charge in [0.1, 0.15) is 5.82 Å². The average molecular weight is 223 g/mol. The smallest absolute Gasteiger partial charge is 0.250 e. The fourth-order valence-corrected chi connectivity index (χ4v) is 1.86. The lowest BCUT2D eigenvalue weighted by Gasteiger charge is -2.02. The molecular formula is C8H8F3NOS. The van der Waals surface area contributed by atoms with Crippen molar-refractivity contribution in [3.05, 3.63) is 24.0 Å². The summed E-state index contributed by atoms with van der Waals surface area (Å²) in [7, 11) is -1.90. The van der Waals surface area contributed by atoms with Crippen LogP contribution in [0.5, 0.6) is 0 Å². The van der Waals surface area contributed by atoms with Gasteiger partial charge in [-0.2, -0.15) is 0 Å². The van der Waals surface area contributed by atoms with Gasteiger partial charge in [0, 0.05) is 10.6 Å². The minimum absolute atomic E-state index is 0.0113. The van der Waals surface area contributed by atoms with Crippen LogP contribution >= 0.6 is 0 Å². The van der Waals surface area contributed by atoms with E-state index in [0.717, 1.165) is 12.1 Å². The number of hydrogen-bond donors (Lipinski definition) is 1. The zero-order chi connectivity index (χ0) is 10.7. The van der Waals surface area contributed by atoms with Crippen molar-refractivity contribution >= 4 is 16.5 Å². The Kier molecular flexibility index (Phi) is 3.51. The van der Waals surface area contributed by atoms with E-state index in [1.807, 2.05) is 0 Å². The zero-order valence-corrected chi connectivity index (χ0v) is 7.86. The van der Waals surface area contributed by atoms with Crippen molar-refractivity contribution in [2.24, 2.45) is 0 Å². The Balaban J connectivity index is 2.90. The molecular weight excluding hydrogens is 215 g/mol. The van der Waals surface area contributed by atoms with E-state index in [4.69, 9.17) is 5.73 Å². The normalized spacial score (nSPS) is 13.1. The summed E-state index contributed by atoms with van der Waals surface area (Å²) in [5.74, 6) is -1.48. The van der Waals surface area contributed by atoms with Crippen molar-refractivity contribution in [2.45, 2.75) is 11.3 Å². The molecule has 0 fully saturated rings. The lowest BCUT2D eigenvalue weighted by atomic mass is 10.3. The molecule has 1 aromatic carbocycles. The van der Waals surface area contributed by atoms with Gasteiger partial charge in [0.2, 0.25) is 6.43 Å². The van der Waals surface area contributed by atoms with Crippen molar-refractivity contribution in [2.75, 3.05) is 11.5 Å². The second-order valence-corrected chi connectivity index (χ2v) is 4.12. The molecule has 0 saturated heterocycles.